The van der Waals surface area contributed by atoms with Crippen LogP contribution < -0.4 is 5.32 Å². The maximum atomic E-state index is 12.0. The van der Waals surface area contributed by atoms with Gasteiger partial charge in [0, 0.05) is 11.8 Å². The molecule has 3 nitrogen and oxygen atoms in total. The Bertz CT molecular complexity index is 295. The molecule has 0 aromatic heterocycles. The molecule has 1 fully saturated rings. The van der Waals surface area contributed by atoms with Gasteiger partial charge in [-0.25, -0.2) is 0 Å². The van der Waals surface area contributed by atoms with Crippen LogP contribution in [-0.4, -0.2) is 24.3 Å². The maximum absolute atomic E-state index is 12.0. The number of nitrogens with one attached hydrogen (secondary N) is 1. The van der Waals surface area contributed by atoms with Crippen LogP contribution in [0.2, 0.25) is 0 Å². The van der Waals surface area contributed by atoms with Gasteiger partial charge in [-0.2, -0.15) is 0 Å². The highest BCUT2D eigenvalue weighted by molar-refractivity contribution is 8.04. The van der Waals surface area contributed by atoms with Crippen molar-refractivity contribution in [2.75, 3.05) is 12.4 Å². The number of amides is 1. The minimum absolute atomic E-state index is 0.0640. The summed E-state index contributed by atoms with van der Waals surface area (Å²) in [4.78, 5) is 12.8. The third-order valence-corrected chi connectivity index (χ3v) is 4.25. The van der Waals surface area contributed by atoms with E-state index in [9.17, 15) is 4.79 Å². The molecule has 0 atom stereocenters. The van der Waals surface area contributed by atoms with E-state index in [1.54, 1.807) is 11.8 Å². The SMILES string of the molecule is CC1=C(C(=O)NC2CCCCC2)SCCO1. The summed E-state index contributed by atoms with van der Waals surface area (Å²) >= 11 is 1.61. The topological polar surface area (TPSA) is 38.3 Å². The Labute approximate surface area is 101 Å². The number of rotatable bonds is 2. The van der Waals surface area contributed by atoms with E-state index in [2.05, 4.69) is 5.32 Å². The lowest BCUT2D eigenvalue weighted by Gasteiger charge is -2.24. The van der Waals surface area contributed by atoms with Gasteiger partial charge >= 0.3 is 0 Å². The van der Waals surface area contributed by atoms with Crippen molar-refractivity contribution in [3.63, 3.8) is 0 Å². The summed E-state index contributed by atoms with van der Waals surface area (Å²) in [5.74, 6) is 1.73. The first kappa shape index (κ1) is 11.8. The van der Waals surface area contributed by atoms with E-state index in [-0.39, 0.29) is 5.91 Å². The standard InChI is InChI=1S/C12H19NO2S/c1-9-11(16-8-7-15-9)12(14)13-10-5-3-2-4-6-10/h10H,2-8H2,1H3,(H,13,14). The van der Waals surface area contributed by atoms with Gasteiger partial charge in [-0.05, 0) is 19.8 Å². The van der Waals surface area contributed by atoms with E-state index in [1.807, 2.05) is 6.92 Å². The van der Waals surface area contributed by atoms with Gasteiger partial charge in [-0.15, -0.1) is 11.8 Å². The van der Waals surface area contributed by atoms with Crippen molar-refractivity contribution in [2.45, 2.75) is 45.1 Å². The monoisotopic (exact) mass is 241 g/mol. The summed E-state index contributed by atoms with van der Waals surface area (Å²) < 4.78 is 5.40. The summed E-state index contributed by atoms with van der Waals surface area (Å²) in [7, 11) is 0. The number of carbonyl (C=O) groups excluding carboxylic acids is 1. The molecule has 1 aliphatic carbocycles. The summed E-state index contributed by atoms with van der Waals surface area (Å²) in [6.07, 6.45) is 6.05. The smallest absolute Gasteiger partial charge is 0.261 e. The van der Waals surface area contributed by atoms with E-state index >= 15 is 0 Å². The second-order valence-electron chi connectivity index (χ2n) is 4.39. The quantitative estimate of drug-likeness (QED) is 0.807. The van der Waals surface area contributed by atoms with Gasteiger partial charge in [-0.3, -0.25) is 4.79 Å². The van der Waals surface area contributed by atoms with Gasteiger partial charge in [-0.1, -0.05) is 19.3 Å². The molecule has 0 radical (unpaired) electrons. The summed E-state index contributed by atoms with van der Waals surface area (Å²) in [5, 5.41) is 3.12. The van der Waals surface area contributed by atoms with Crippen molar-refractivity contribution in [3.05, 3.63) is 10.7 Å². The fourth-order valence-corrected chi connectivity index (χ4v) is 3.05. The van der Waals surface area contributed by atoms with Crippen LogP contribution in [0.3, 0.4) is 0 Å². The van der Waals surface area contributed by atoms with Crippen LogP contribution in [0.1, 0.15) is 39.0 Å². The third kappa shape index (κ3) is 2.94. The summed E-state index contributed by atoms with van der Waals surface area (Å²) in [5.41, 5.74) is 0. The van der Waals surface area contributed by atoms with Crippen LogP contribution in [0.15, 0.2) is 10.7 Å². The van der Waals surface area contributed by atoms with Crippen LogP contribution in [-0.2, 0) is 9.53 Å². The van der Waals surface area contributed by atoms with Crippen molar-refractivity contribution < 1.29 is 9.53 Å². The Kier molecular flexibility index (Phi) is 4.16. The zero-order valence-electron chi connectivity index (χ0n) is 9.75. The minimum Gasteiger partial charge on any atom is -0.496 e. The van der Waals surface area contributed by atoms with Gasteiger partial charge in [0.2, 0.25) is 0 Å². The predicted octanol–water partition coefficient (Wildman–Crippen LogP) is 2.43. The molecule has 90 valence electrons. The predicted molar refractivity (Wildman–Crippen MR) is 66.1 cm³/mol. The lowest BCUT2D eigenvalue weighted by molar-refractivity contribution is -0.117. The Hall–Kier alpha value is -0.640. The Morgan fingerprint density at radius 2 is 2.12 bits per heavy atom. The molecular weight excluding hydrogens is 222 g/mol. The van der Waals surface area contributed by atoms with Crippen molar-refractivity contribution in [2.24, 2.45) is 0 Å². The van der Waals surface area contributed by atoms with E-state index in [4.69, 9.17) is 4.74 Å². The molecule has 2 rings (SSSR count). The number of hydrogen-bond donors (Lipinski definition) is 1. The van der Waals surface area contributed by atoms with E-state index in [1.165, 1.54) is 19.3 Å². The van der Waals surface area contributed by atoms with Crippen LogP contribution >= 0.6 is 11.8 Å². The zero-order valence-corrected chi connectivity index (χ0v) is 10.6. The molecule has 0 unspecified atom stereocenters. The highest BCUT2D eigenvalue weighted by atomic mass is 32.2. The van der Waals surface area contributed by atoms with E-state index in [0.29, 0.717) is 6.04 Å². The Morgan fingerprint density at radius 3 is 2.81 bits per heavy atom. The summed E-state index contributed by atoms with van der Waals surface area (Å²) in [6.45, 7) is 2.60. The first-order chi connectivity index (χ1) is 7.77. The molecular formula is C12H19NO2S. The molecule has 1 saturated carbocycles. The number of ether oxygens (including phenoxy) is 1. The molecule has 1 heterocycles. The van der Waals surface area contributed by atoms with Gasteiger partial charge in [0.1, 0.15) is 10.7 Å². The van der Waals surface area contributed by atoms with Crippen molar-refractivity contribution in [1.29, 1.82) is 0 Å². The lowest BCUT2D eigenvalue weighted by atomic mass is 9.95. The molecule has 0 aromatic rings. The van der Waals surface area contributed by atoms with Crippen molar-refractivity contribution in [1.82, 2.24) is 5.32 Å². The normalized spacial score (nSPS) is 22.8. The first-order valence-electron chi connectivity index (χ1n) is 6.04. The highest BCUT2D eigenvalue weighted by Gasteiger charge is 2.22. The molecule has 0 saturated heterocycles. The maximum Gasteiger partial charge on any atom is 0.261 e. The average molecular weight is 241 g/mol. The van der Waals surface area contributed by atoms with Gasteiger partial charge in [0.05, 0.1) is 6.61 Å². The number of hydrogen-bond acceptors (Lipinski definition) is 3. The second-order valence-corrected chi connectivity index (χ2v) is 5.50. The van der Waals surface area contributed by atoms with Crippen LogP contribution in [0.5, 0.6) is 0 Å². The fourth-order valence-electron chi connectivity index (χ4n) is 2.23. The highest BCUT2D eigenvalue weighted by Crippen LogP contribution is 2.26. The molecule has 0 bridgehead atoms. The number of thioether (sulfide) groups is 1. The minimum atomic E-state index is 0.0640. The summed E-state index contributed by atoms with van der Waals surface area (Å²) in [6, 6.07) is 0.379. The molecule has 4 heteroatoms. The van der Waals surface area contributed by atoms with Gasteiger partial charge in [0.25, 0.3) is 5.91 Å². The van der Waals surface area contributed by atoms with Crippen LogP contribution in [0.4, 0.5) is 0 Å². The lowest BCUT2D eigenvalue weighted by Crippen LogP contribution is -2.37. The fraction of sp³-hybridized carbons (Fsp3) is 0.750. The first-order valence-corrected chi connectivity index (χ1v) is 7.03. The number of allylic oxidation sites excluding steroid dienone is 1. The van der Waals surface area contributed by atoms with E-state index in [0.717, 1.165) is 35.9 Å². The second kappa shape index (κ2) is 5.62. The Balaban J connectivity index is 1.91. The van der Waals surface area contributed by atoms with E-state index < -0.39 is 0 Å². The van der Waals surface area contributed by atoms with Crippen molar-refractivity contribution in [3.8, 4) is 0 Å². The molecule has 0 spiro atoms. The largest absolute Gasteiger partial charge is 0.496 e. The molecule has 0 aromatic carbocycles. The van der Waals surface area contributed by atoms with Gasteiger partial charge in [0.15, 0.2) is 0 Å². The zero-order chi connectivity index (χ0) is 11.4. The van der Waals surface area contributed by atoms with Gasteiger partial charge < -0.3 is 10.1 Å². The third-order valence-electron chi connectivity index (χ3n) is 3.11. The molecule has 2 aliphatic rings. The van der Waals surface area contributed by atoms with Crippen LogP contribution in [0.25, 0.3) is 0 Å². The van der Waals surface area contributed by atoms with Crippen molar-refractivity contribution >= 4 is 17.7 Å². The molecule has 1 aliphatic heterocycles. The average Bonchev–Trinajstić information content (AvgIpc) is 2.31. The Morgan fingerprint density at radius 1 is 1.38 bits per heavy atom. The molecule has 1 amide bonds. The number of carbonyl (C=O) groups is 1. The van der Waals surface area contributed by atoms with Crippen LogP contribution in [0, 0.1) is 0 Å². The molecule has 1 N–H and O–H groups in total. The molecule has 16 heavy (non-hydrogen) atoms.